The molecular weight excluding hydrogens is 302 g/mol. The fourth-order valence-corrected chi connectivity index (χ4v) is 3.44. The van der Waals surface area contributed by atoms with Gasteiger partial charge in [-0.2, -0.15) is 0 Å². The number of benzene rings is 2. The zero-order chi connectivity index (χ0) is 16.9. The number of hydrogen-bond donors (Lipinski definition) is 1. The van der Waals surface area contributed by atoms with E-state index < -0.39 is 0 Å². The Bertz CT molecular complexity index is 712. The van der Waals surface area contributed by atoms with Crippen LogP contribution in [-0.4, -0.2) is 21.3 Å². The predicted octanol–water partition coefficient (Wildman–Crippen LogP) is 4.20. The molecule has 1 aliphatic rings. The highest BCUT2D eigenvalue weighted by atomic mass is 16.5. The predicted molar refractivity (Wildman–Crippen MR) is 96.5 cm³/mol. The minimum atomic E-state index is 0.634. The summed E-state index contributed by atoms with van der Waals surface area (Å²) in [4.78, 5) is 0. The highest BCUT2D eigenvalue weighted by molar-refractivity contribution is 5.59. The third-order valence-corrected chi connectivity index (χ3v) is 4.65. The van der Waals surface area contributed by atoms with Crippen molar-refractivity contribution in [2.75, 3.05) is 26.6 Å². The van der Waals surface area contributed by atoms with Gasteiger partial charge in [-0.25, -0.2) is 0 Å². The molecule has 0 fully saturated rings. The van der Waals surface area contributed by atoms with Crippen LogP contribution in [0.1, 0.15) is 29.5 Å². The van der Waals surface area contributed by atoms with Gasteiger partial charge in [0.15, 0.2) is 11.5 Å². The van der Waals surface area contributed by atoms with Crippen molar-refractivity contribution in [2.24, 2.45) is 0 Å². The minimum absolute atomic E-state index is 0.634. The first-order valence-electron chi connectivity index (χ1n) is 8.41. The van der Waals surface area contributed by atoms with E-state index in [9.17, 15) is 0 Å². The summed E-state index contributed by atoms with van der Waals surface area (Å²) in [7, 11) is 4.92. The number of methoxy groups -OCH3 is 3. The molecule has 0 atom stereocenters. The Morgan fingerprint density at radius 3 is 2.42 bits per heavy atom. The average Bonchev–Trinajstić information content (AvgIpc) is 2.65. The number of anilines is 1. The monoisotopic (exact) mass is 327 g/mol. The molecule has 3 rings (SSSR count). The first kappa shape index (κ1) is 16.5. The van der Waals surface area contributed by atoms with E-state index >= 15 is 0 Å². The Labute approximate surface area is 143 Å². The summed E-state index contributed by atoms with van der Waals surface area (Å²) < 4.78 is 16.4. The third kappa shape index (κ3) is 3.14. The Morgan fingerprint density at radius 2 is 1.67 bits per heavy atom. The molecule has 0 heterocycles. The Morgan fingerprint density at radius 1 is 0.875 bits per heavy atom. The number of ether oxygens (including phenoxy) is 3. The molecule has 0 spiro atoms. The largest absolute Gasteiger partial charge is 0.493 e. The van der Waals surface area contributed by atoms with Crippen LogP contribution in [0.25, 0.3) is 0 Å². The Hall–Kier alpha value is -2.36. The van der Waals surface area contributed by atoms with Crippen molar-refractivity contribution in [3.8, 4) is 17.2 Å². The summed E-state index contributed by atoms with van der Waals surface area (Å²) in [6.07, 6.45) is 4.90. The van der Waals surface area contributed by atoms with E-state index in [1.54, 1.807) is 21.3 Å². The van der Waals surface area contributed by atoms with Crippen LogP contribution in [0, 0.1) is 0 Å². The number of aryl methyl sites for hydroxylation is 1. The minimum Gasteiger partial charge on any atom is -0.493 e. The van der Waals surface area contributed by atoms with Gasteiger partial charge in [0.25, 0.3) is 0 Å². The molecule has 1 aliphatic carbocycles. The topological polar surface area (TPSA) is 39.7 Å². The molecule has 0 saturated heterocycles. The standard InChI is InChI=1S/C20H25NO3/c1-22-18-12-11-15(19(23-2)20(18)24-3)13-21-17-10-6-8-14-7-4-5-9-16(14)17/h6,8,10-12,21H,4-5,7,9,13H2,1-3H3. The van der Waals surface area contributed by atoms with Gasteiger partial charge >= 0.3 is 0 Å². The summed E-state index contributed by atoms with van der Waals surface area (Å²) in [6.45, 7) is 0.681. The summed E-state index contributed by atoms with van der Waals surface area (Å²) in [5.41, 5.74) is 5.21. The van der Waals surface area contributed by atoms with Crippen molar-refractivity contribution in [3.63, 3.8) is 0 Å². The normalized spacial score (nSPS) is 13.1. The molecule has 0 aromatic heterocycles. The molecule has 0 amide bonds. The van der Waals surface area contributed by atoms with Gasteiger partial charge in [-0.05, 0) is 55.0 Å². The van der Waals surface area contributed by atoms with Crippen LogP contribution in [0.4, 0.5) is 5.69 Å². The maximum atomic E-state index is 5.57. The van der Waals surface area contributed by atoms with Gasteiger partial charge in [0.1, 0.15) is 0 Å². The summed E-state index contributed by atoms with van der Waals surface area (Å²) in [5, 5.41) is 3.58. The van der Waals surface area contributed by atoms with Gasteiger partial charge in [0.2, 0.25) is 5.75 Å². The highest BCUT2D eigenvalue weighted by Crippen LogP contribution is 2.40. The molecular formula is C20H25NO3. The van der Waals surface area contributed by atoms with Gasteiger partial charge < -0.3 is 19.5 Å². The Balaban J connectivity index is 1.85. The fraction of sp³-hybridized carbons (Fsp3) is 0.400. The lowest BCUT2D eigenvalue weighted by atomic mass is 9.90. The number of nitrogens with one attached hydrogen (secondary N) is 1. The number of rotatable bonds is 6. The van der Waals surface area contributed by atoms with Crippen LogP contribution < -0.4 is 19.5 Å². The van der Waals surface area contributed by atoms with E-state index in [-0.39, 0.29) is 0 Å². The first-order chi connectivity index (χ1) is 11.8. The first-order valence-corrected chi connectivity index (χ1v) is 8.41. The third-order valence-electron chi connectivity index (χ3n) is 4.65. The van der Waals surface area contributed by atoms with E-state index in [0.29, 0.717) is 23.8 Å². The quantitative estimate of drug-likeness (QED) is 0.863. The lowest BCUT2D eigenvalue weighted by Gasteiger charge is -2.21. The average molecular weight is 327 g/mol. The summed E-state index contributed by atoms with van der Waals surface area (Å²) in [5.74, 6) is 2.03. The van der Waals surface area contributed by atoms with Crippen LogP contribution in [0.3, 0.4) is 0 Å². The van der Waals surface area contributed by atoms with E-state index in [4.69, 9.17) is 14.2 Å². The smallest absolute Gasteiger partial charge is 0.203 e. The van der Waals surface area contributed by atoms with Crippen LogP contribution in [0.5, 0.6) is 17.2 Å². The SMILES string of the molecule is COc1ccc(CNc2cccc3c2CCCC3)c(OC)c1OC. The summed E-state index contributed by atoms with van der Waals surface area (Å²) in [6, 6.07) is 10.5. The number of fused-ring (bicyclic) bond motifs is 1. The summed E-state index contributed by atoms with van der Waals surface area (Å²) >= 11 is 0. The van der Waals surface area contributed by atoms with E-state index in [0.717, 1.165) is 12.0 Å². The zero-order valence-corrected chi connectivity index (χ0v) is 14.6. The maximum Gasteiger partial charge on any atom is 0.203 e. The van der Waals surface area contributed by atoms with Crippen LogP contribution in [-0.2, 0) is 19.4 Å². The van der Waals surface area contributed by atoms with Crippen LogP contribution in [0.15, 0.2) is 30.3 Å². The van der Waals surface area contributed by atoms with E-state index in [1.807, 2.05) is 12.1 Å². The molecule has 2 aromatic rings. The molecule has 4 heteroatoms. The lowest BCUT2D eigenvalue weighted by Crippen LogP contribution is -2.09. The molecule has 0 radical (unpaired) electrons. The molecule has 0 unspecified atom stereocenters. The van der Waals surface area contributed by atoms with Gasteiger partial charge in [0.05, 0.1) is 21.3 Å². The van der Waals surface area contributed by atoms with Crippen molar-refractivity contribution >= 4 is 5.69 Å². The van der Waals surface area contributed by atoms with Crippen molar-refractivity contribution in [1.82, 2.24) is 0 Å². The van der Waals surface area contributed by atoms with Crippen LogP contribution in [0.2, 0.25) is 0 Å². The number of hydrogen-bond acceptors (Lipinski definition) is 4. The highest BCUT2D eigenvalue weighted by Gasteiger charge is 2.17. The lowest BCUT2D eigenvalue weighted by molar-refractivity contribution is 0.322. The van der Waals surface area contributed by atoms with E-state index in [2.05, 4.69) is 23.5 Å². The molecule has 0 aliphatic heterocycles. The van der Waals surface area contributed by atoms with Crippen molar-refractivity contribution < 1.29 is 14.2 Å². The second-order valence-electron chi connectivity index (χ2n) is 6.00. The molecule has 128 valence electrons. The van der Waals surface area contributed by atoms with Gasteiger partial charge in [-0.3, -0.25) is 0 Å². The second kappa shape index (κ2) is 7.47. The fourth-order valence-electron chi connectivity index (χ4n) is 3.44. The molecule has 1 N–H and O–H groups in total. The van der Waals surface area contributed by atoms with Gasteiger partial charge in [0, 0.05) is 17.8 Å². The maximum absolute atomic E-state index is 5.57. The van der Waals surface area contributed by atoms with Crippen LogP contribution >= 0.6 is 0 Å². The molecule has 4 nitrogen and oxygen atoms in total. The van der Waals surface area contributed by atoms with E-state index in [1.165, 1.54) is 36.1 Å². The van der Waals surface area contributed by atoms with Crippen molar-refractivity contribution in [1.29, 1.82) is 0 Å². The molecule has 0 bridgehead atoms. The van der Waals surface area contributed by atoms with Gasteiger partial charge in [-0.15, -0.1) is 0 Å². The van der Waals surface area contributed by atoms with Crippen molar-refractivity contribution in [2.45, 2.75) is 32.2 Å². The molecule has 0 saturated carbocycles. The molecule has 24 heavy (non-hydrogen) atoms. The molecule has 2 aromatic carbocycles. The Kier molecular flexibility index (Phi) is 5.14. The second-order valence-corrected chi connectivity index (χ2v) is 6.00. The zero-order valence-electron chi connectivity index (χ0n) is 14.6. The van der Waals surface area contributed by atoms with Gasteiger partial charge in [-0.1, -0.05) is 12.1 Å². The van der Waals surface area contributed by atoms with Crippen molar-refractivity contribution in [3.05, 3.63) is 47.0 Å².